The minimum atomic E-state index is -0.128. The number of hydrogen-bond donors (Lipinski definition) is 0. The van der Waals surface area contributed by atoms with Gasteiger partial charge in [-0.15, -0.1) is 0 Å². The fourth-order valence-corrected chi connectivity index (χ4v) is 9.70. The summed E-state index contributed by atoms with van der Waals surface area (Å²) in [4.78, 5) is 26.0. The van der Waals surface area contributed by atoms with Gasteiger partial charge >= 0.3 is 11.9 Å². The summed E-state index contributed by atoms with van der Waals surface area (Å²) in [5, 5.41) is 2.18. The van der Waals surface area contributed by atoms with Gasteiger partial charge in [0.15, 0.2) is 12.4 Å². The van der Waals surface area contributed by atoms with Crippen molar-refractivity contribution in [2.24, 2.45) is 0 Å². The molecule has 0 aliphatic heterocycles. The highest BCUT2D eigenvalue weighted by Crippen LogP contribution is 2.25. The third-order valence-electron chi connectivity index (χ3n) is 13.7. The van der Waals surface area contributed by atoms with E-state index < -0.39 is 0 Å². The van der Waals surface area contributed by atoms with Crippen LogP contribution in [0.2, 0.25) is 0 Å². The highest BCUT2D eigenvalue weighted by molar-refractivity contribution is 5.85. The Labute approximate surface area is 436 Å². The molecule has 0 aliphatic rings. The Hall–Kier alpha value is -2.84. The van der Waals surface area contributed by atoms with E-state index in [1.807, 2.05) is 24.3 Å². The molecule has 0 saturated carbocycles. The van der Waals surface area contributed by atoms with E-state index in [1.54, 1.807) is 0 Å². The average Bonchev–Trinajstić information content (AvgIpc) is 3.32. The third-order valence-corrected chi connectivity index (χ3v) is 13.7. The fourth-order valence-electron chi connectivity index (χ4n) is 9.70. The predicted octanol–water partition coefficient (Wildman–Crippen LogP) is 11.2. The number of nitrogens with zero attached hydrogens (tertiary/aromatic N) is 2. The molecule has 68 heavy (non-hydrogen) atoms. The van der Waals surface area contributed by atoms with Crippen LogP contribution in [-0.4, -0.2) is 11.9 Å². The number of pyridine rings is 2. The molecule has 0 fully saturated rings. The highest BCUT2D eigenvalue weighted by atomic mass is 79.9. The number of halogens is 2. The van der Waals surface area contributed by atoms with Crippen LogP contribution in [0.3, 0.4) is 0 Å². The first-order valence-electron chi connectivity index (χ1n) is 27.8. The zero-order valence-electron chi connectivity index (χ0n) is 43.1. The quantitative estimate of drug-likeness (QED) is 0.0192. The van der Waals surface area contributed by atoms with Crippen LogP contribution in [0.5, 0.6) is 11.5 Å². The number of carbonyl (C=O) groups is 2. The molecule has 8 heteroatoms. The minimum Gasteiger partial charge on any atom is -1.00 e. The summed E-state index contributed by atoms with van der Waals surface area (Å²) < 4.78 is 16.5. The zero-order chi connectivity index (χ0) is 46.5. The van der Waals surface area contributed by atoms with Crippen LogP contribution in [0.4, 0.5) is 0 Å². The Kier molecular flexibility index (Phi) is 36.8. The maximum Gasteiger partial charge on any atom is 0.311 e. The zero-order valence-corrected chi connectivity index (χ0v) is 46.3. The van der Waals surface area contributed by atoms with Crippen LogP contribution in [-0.2, 0) is 22.7 Å². The maximum atomic E-state index is 13.0. The van der Waals surface area contributed by atoms with E-state index in [2.05, 4.69) is 71.8 Å². The van der Waals surface area contributed by atoms with Gasteiger partial charge in [0.1, 0.15) is 13.1 Å². The topological polar surface area (TPSA) is 60.4 Å². The lowest BCUT2D eigenvalue weighted by Crippen LogP contribution is -3.00. The van der Waals surface area contributed by atoms with E-state index in [-0.39, 0.29) is 45.9 Å². The molecule has 4 aromatic rings. The Bertz CT molecular complexity index is 1740. The van der Waals surface area contributed by atoms with Gasteiger partial charge in [0.2, 0.25) is 11.5 Å². The SMILES string of the molecule is CCCCCCCCCCCCCCCCCC(=O)Oc1cccc2ccc[n+](CCCCCC[n+]3cccc4cccc(OC(=O)CCCCCCCCCCCCCCCCC)c43)c12.[Br-].[Br-]. The molecule has 2 heterocycles. The van der Waals surface area contributed by atoms with Gasteiger partial charge in [0, 0.05) is 37.8 Å². The number of hydrogen-bond acceptors (Lipinski definition) is 4. The van der Waals surface area contributed by atoms with Crippen molar-refractivity contribution >= 4 is 33.7 Å². The molecule has 0 spiro atoms. The van der Waals surface area contributed by atoms with Crippen molar-refractivity contribution in [2.75, 3.05) is 0 Å². The van der Waals surface area contributed by atoms with Crippen molar-refractivity contribution < 1.29 is 62.2 Å². The van der Waals surface area contributed by atoms with Crippen molar-refractivity contribution in [2.45, 2.75) is 258 Å². The van der Waals surface area contributed by atoms with E-state index in [0.29, 0.717) is 24.3 Å². The van der Waals surface area contributed by atoms with E-state index in [1.165, 1.54) is 167 Å². The summed E-state index contributed by atoms with van der Waals surface area (Å²) in [6.45, 7) is 6.30. The van der Waals surface area contributed by atoms with E-state index >= 15 is 0 Å². The number of fused-ring (bicyclic) bond motifs is 2. The molecule has 2 aromatic carbocycles. The minimum absolute atomic E-state index is 0. The third kappa shape index (κ3) is 26.4. The van der Waals surface area contributed by atoms with Crippen LogP contribution in [0, 0.1) is 0 Å². The van der Waals surface area contributed by atoms with Crippen LogP contribution < -0.4 is 52.6 Å². The Morgan fingerprint density at radius 2 is 0.618 bits per heavy atom. The highest BCUT2D eigenvalue weighted by Gasteiger charge is 2.19. The number of benzene rings is 2. The van der Waals surface area contributed by atoms with Crippen LogP contribution in [0.25, 0.3) is 21.8 Å². The number of rotatable bonds is 41. The Morgan fingerprint density at radius 1 is 0.353 bits per heavy atom. The molecule has 0 aliphatic carbocycles. The molecular weight excluding hydrogens is 972 g/mol. The van der Waals surface area contributed by atoms with Gasteiger partial charge < -0.3 is 43.4 Å². The molecule has 0 bridgehead atoms. The molecular formula is C60H94Br2N2O4. The predicted molar refractivity (Wildman–Crippen MR) is 277 cm³/mol. The van der Waals surface area contributed by atoms with Gasteiger partial charge in [-0.1, -0.05) is 206 Å². The Balaban J connectivity index is 0.00000793. The molecule has 2 aromatic heterocycles. The number of para-hydroxylation sites is 2. The smallest absolute Gasteiger partial charge is 0.311 e. The largest absolute Gasteiger partial charge is 1.00 e. The summed E-state index contributed by atoms with van der Waals surface area (Å²) in [5.74, 6) is 1.07. The standard InChI is InChI=1S/C60H94N2O4.2BrH/c1-3-5-7-9-11-13-15-17-19-21-23-25-27-29-33-47-57(63)65-55-45-37-41-53-43-39-51-61(59(53)55)49-35-31-32-36-50-62-52-40-44-54-42-38-46-56(60(54)62)66-58(64)48-34-30-28-26-24-22-20-18-16-14-12-10-8-6-4-2;;/h37-46,51-52H,3-36,47-50H2,1-2H3;2*1H/q+2;;/p-2. The van der Waals surface area contributed by atoms with E-state index in [9.17, 15) is 9.59 Å². The molecule has 0 N–H and O–H groups in total. The second-order valence-electron chi connectivity index (χ2n) is 19.6. The first-order valence-corrected chi connectivity index (χ1v) is 27.8. The summed E-state index contributed by atoms with van der Waals surface area (Å²) in [6, 6.07) is 20.4. The molecule has 0 unspecified atom stereocenters. The molecule has 0 saturated heterocycles. The number of ether oxygens (including phenoxy) is 2. The van der Waals surface area contributed by atoms with E-state index in [4.69, 9.17) is 9.47 Å². The van der Waals surface area contributed by atoms with Gasteiger partial charge in [-0.25, -0.2) is 0 Å². The first kappa shape index (κ1) is 61.3. The molecule has 0 atom stereocenters. The number of aromatic nitrogens is 2. The second kappa shape index (κ2) is 40.8. The first-order chi connectivity index (χ1) is 32.6. The van der Waals surface area contributed by atoms with Crippen molar-refractivity contribution in [3.05, 3.63) is 73.1 Å². The summed E-state index contributed by atoms with van der Waals surface area (Å²) >= 11 is 0. The van der Waals surface area contributed by atoms with Crippen LogP contribution in [0.1, 0.15) is 245 Å². The van der Waals surface area contributed by atoms with Gasteiger partial charge in [-0.05, 0) is 62.1 Å². The lowest BCUT2D eigenvalue weighted by atomic mass is 10.0. The van der Waals surface area contributed by atoms with Gasteiger partial charge in [0.05, 0.1) is 10.8 Å². The fraction of sp³-hybridized carbons (Fsp3) is 0.667. The molecule has 4 rings (SSSR count). The number of esters is 2. The average molecular weight is 1070 g/mol. The van der Waals surface area contributed by atoms with Gasteiger partial charge in [-0.3, -0.25) is 9.59 Å². The number of aryl methyl sites for hydroxylation is 2. The van der Waals surface area contributed by atoms with Crippen molar-refractivity contribution in [3.63, 3.8) is 0 Å². The van der Waals surface area contributed by atoms with Crippen molar-refractivity contribution in [1.82, 2.24) is 0 Å². The van der Waals surface area contributed by atoms with Crippen molar-refractivity contribution in [3.8, 4) is 11.5 Å². The number of carbonyl (C=O) groups excluding carboxylic acids is 2. The molecule has 382 valence electrons. The monoisotopic (exact) mass is 1060 g/mol. The lowest BCUT2D eigenvalue weighted by molar-refractivity contribution is -0.673. The van der Waals surface area contributed by atoms with Gasteiger partial charge in [-0.2, -0.15) is 9.13 Å². The normalized spacial score (nSPS) is 11.1. The molecule has 6 nitrogen and oxygen atoms in total. The summed E-state index contributed by atoms with van der Waals surface area (Å²) in [5.41, 5.74) is 2.00. The van der Waals surface area contributed by atoms with Crippen molar-refractivity contribution in [1.29, 1.82) is 0 Å². The van der Waals surface area contributed by atoms with Crippen LogP contribution >= 0.6 is 0 Å². The second-order valence-corrected chi connectivity index (χ2v) is 19.6. The lowest BCUT2D eigenvalue weighted by Gasteiger charge is -2.09. The van der Waals surface area contributed by atoms with Crippen LogP contribution in [0.15, 0.2) is 73.1 Å². The van der Waals surface area contributed by atoms with Gasteiger partial charge in [0.25, 0.3) is 11.0 Å². The summed E-state index contributed by atoms with van der Waals surface area (Å²) in [7, 11) is 0. The Morgan fingerprint density at radius 3 is 0.926 bits per heavy atom. The number of unbranched alkanes of at least 4 members (excludes halogenated alkanes) is 31. The molecule has 0 radical (unpaired) electrons. The maximum absolute atomic E-state index is 13.0. The van der Waals surface area contributed by atoms with E-state index in [0.717, 1.165) is 86.3 Å². The molecule has 0 amide bonds. The summed E-state index contributed by atoms with van der Waals surface area (Å²) in [6.07, 6.45) is 48.8.